The predicted molar refractivity (Wildman–Crippen MR) is 106 cm³/mol. The van der Waals surface area contributed by atoms with Gasteiger partial charge in [-0.25, -0.2) is 18.2 Å². The molecule has 1 amide bonds. The lowest BCUT2D eigenvalue weighted by atomic mass is 10.2. The van der Waals surface area contributed by atoms with Gasteiger partial charge in [-0.2, -0.15) is 0 Å². The average molecular weight is 414 g/mol. The molecule has 0 atom stereocenters. The Kier molecular flexibility index (Phi) is 7.92. The summed E-state index contributed by atoms with van der Waals surface area (Å²) < 4.78 is 31.8. The molecule has 2 aromatic rings. The van der Waals surface area contributed by atoms with Crippen LogP contribution >= 0.6 is 11.3 Å². The molecule has 10 heteroatoms. The number of aromatic nitrogens is 1. The van der Waals surface area contributed by atoms with Gasteiger partial charge in [-0.1, -0.05) is 0 Å². The van der Waals surface area contributed by atoms with Crippen LogP contribution in [0.1, 0.15) is 34.6 Å². The number of Topliss-reactive ketones (excluding diaryl/α,β-unsaturated/α-hetero) is 1. The van der Waals surface area contributed by atoms with E-state index in [4.69, 9.17) is 4.74 Å². The fourth-order valence-electron chi connectivity index (χ4n) is 1.59. The summed E-state index contributed by atoms with van der Waals surface area (Å²) in [4.78, 5) is 25.0. The number of ether oxygens (including phenoxy) is 1. The van der Waals surface area contributed by atoms with E-state index in [-0.39, 0.29) is 10.7 Å². The summed E-state index contributed by atoms with van der Waals surface area (Å²) in [6.45, 7) is 8.32. The quantitative estimate of drug-likeness (QED) is 0.786. The van der Waals surface area contributed by atoms with Crippen molar-refractivity contribution in [1.82, 2.24) is 4.98 Å². The third-order valence-corrected chi connectivity index (χ3v) is 4.64. The van der Waals surface area contributed by atoms with Gasteiger partial charge in [0.05, 0.1) is 4.90 Å². The van der Waals surface area contributed by atoms with Crippen molar-refractivity contribution in [2.24, 2.45) is 0 Å². The summed E-state index contributed by atoms with van der Waals surface area (Å²) in [6.07, 6.45) is 0.908. The van der Waals surface area contributed by atoms with Gasteiger partial charge in [-0.15, -0.1) is 11.3 Å². The fourth-order valence-corrected chi connectivity index (χ4v) is 3.38. The number of carbonyl (C=O) groups excluding carboxylic acids is 2. The minimum Gasteiger partial charge on any atom is -0.444 e. The zero-order valence-electron chi connectivity index (χ0n) is 15.8. The van der Waals surface area contributed by atoms with E-state index < -0.39 is 21.7 Å². The molecule has 2 N–H and O–H groups in total. The number of thiazole rings is 1. The summed E-state index contributed by atoms with van der Waals surface area (Å²) in [5.41, 5.74) is -0.169. The van der Waals surface area contributed by atoms with E-state index in [0.29, 0.717) is 10.8 Å². The van der Waals surface area contributed by atoms with Crippen LogP contribution in [-0.2, 0) is 19.6 Å². The molecule has 0 aliphatic carbocycles. The number of amides is 1. The van der Waals surface area contributed by atoms with Crippen molar-refractivity contribution < 1.29 is 22.7 Å². The maximum absolute atomic E-state index is 12.2. The number of nitrogens with zero attached hydrogens (tertiary/aromatic N) is 1. The molecule has 0 fully saturated rings. The Morgan fingerprint density at radius 2 is 1.67 bits per heavy atom. The Hall–Kier alpha value is -2.46. The molecular formula is C17H23N3O5S2. The molecule has 1 aromatic carbocycles. The van der Waals surface area contributed by atoms with E-state index in [2.05, 4.69) is 15.0 Å². The van der Waals surface area contributed by atoms with E-state index in [1.807, 2.05) is 0 Å². The summed E-state index contributed by atoms with van der Waals surface area (Å²) in [5, 5.41) is 4.50. The smallest absolute Gasteiger partial charge is 0.412 e. The van der Waals surface area contributed by atoms with Crippen LogP contribution in [0, 0.1) is 0 Å². The van der Waals surface area contributed by atoms with Crippen LogP contribution < -0.4 is 10.0 Å². The minimum absolute atomic E-state index is 0.0717. The van der Waals surface area contributed by atoms with E-state index >= 15 is 0 Å². The van der Waals surface area contributed by atoms with Crippen LogP contribution in [-0.4, -0.2) is 30.9 Å². The number of anilines is 2. The van der Waals surface area contributed by atoms with Crippen molar-refractivity contribution in [3.8, 4) is 0 Å². The average Bonchev–Trinajstić information content (AvgIpc) is 2.97. The molecule has 2 rings (SSSR count). The first-order valence-electron chi connectivity index (χ1n) is 7.88. The molecule has 27 heavy (non-hydrogen) atoms. The van der Waals surface area contributed by atoms with E-state index in [1.54, 1.807) is 26.2 Å². The Labute approximate surface area is 163 Å². The van der Waals surface area contributed by atoms with E-state index in [9.17, 15) is 18.0 Å². The molecule has 0 saturated carbocycles. The van der Waals surface area contributed by atoms with Crippen molar-refractivity contribution in [3.05, 3.63) is 35.8 Å². The molecule has 1 heterocycles. The Bertz CT molecular complexity index is 851. The van der Waals surface area contributed by atoms with Crippen LogP contribution in [0.4, 0.5) is 15.6 Å². The van der Waals surface area contributed by atoms with Gasteiger partial charge in [0.2, 0.25) is 0 Å². The molecule has 0 radical (unpaired) electrons. The zero-order chi connectivity index (χ0) is 20.7. The third-order valence-electron chi connectivity index (χ3n) is 2.46. The normalized spacial score (nSPS) is 11.0. The minimum atomic E-state index is -3.70. The maximum Gasteiger partial charge on any atom is 0.412 e. The van der Waals surface area contributed by atoms with Crippen molar-refractivity contribution in [2.45, 2.75) is 45.1 Å². The van der Waals surface area contributed by atoms with Crippen LogP contribution in [0.3, 0.4) is 0 Å². The highest BCUT2D eigenvalue weighted by atomic mass is 32.2. The first-order chi connectivity index (χ1) is 12.4. The molecule has 0 saturated heterocycles. The van der Waals surface area contributed by atoms with E-state index in [1.165, 1.54) is 55.6 Å². The van der Waals surface area contributed by atoms with Gasteiger partial charge in [-0.3, -0.25) is 10.0 Å². The van der Waals surface area contributed by atoms with Crippen LogP contribution in [0.15, 0.2) is 40.7 Å². The number of carbonyl (C=O) groups is 2. The number of benzene rings is 1. The second-order valence-corrected chi connectivity index (χ2v) is 9.08. The Balaban J connectivity index is 0.000000828. The Morgan fingerprint density at radius 1 is 1.11 bits per heavy atom. The largest absolute Gasteiger partial charge is 0.444 e. The zero-order valence-corrected chi connectivity index (χ0v) is 17.4. The number of ketones is 1. The van der Waals surface area contributed by atoms with Crippen LogP contribution in [0.2, 0.25) is 0 Å². The second-order valence-electron chi connectivity index (χ2n) is 6.50. The molecule has 0 unspecified atom stereocenters. The first-order valence-corrected chi connectivity index (χ1v) is 10.2. The molecule has 0 spiro atoms. The maximum atomic E-state index is 12.2. The predicted octanol–water partition coefficient (Wildman–Crippen LogP) is 3.89. The summed E-state index contributed by atoms with van der Waals surface area (Å²) in [5.74, 6) is 0.167. The second kappa shape index (κ2) is 9.47. The number of rotatable bonds is 4. The lowest BCUT2D eigenvalue weighted by molar-refractivity contribution is -0.115. The number of nitrogens with one attached hydrogen (secondary N) is 2. The van der Waals surface area contributed by atoms with E-state index in [0.717, 1.165) is 0 Å². The SMILES string of the molecule is CC(C)(C)OC(=O)Nc1ccc(S(=O)(=O)Nc2nccs2)cc1.CC(C)=O. The third kappa shape index (κ3) is 9.15. The summed E-state index contributed by atoms with van der Waals surface area (Å²) in [7, 11) is -3.70. The number of hydrogen-bond acceptors (Lipinski definition) is 7. The van der Waals surface area contributed by atoms with Gasteiger partial charge in [0.1, 0.15) is 11.4 Å². The standard InChI is InChI=1S/C14H17N3O4S2.C3H6O/c1-14(2,3)21-13(18)16-10-4-6-11(7-5-10)23(19,20)17-12-15-8-9-22-12;1-3(2)4/h4-9H,1-3H3,(H,15,17)(H,16,18);1-2H3. The van der Waals surface area contributed by atoms with Gasteiger partial charge in [0.25, 0.3) is 10.0 Å². The Morgan fingerprint density at radius 3 is 2.11 bits per heavy atom. The lowest BCUT2D eigenvalue weighted by Gasteiger charge is -2.19. The van der Waals surface area contributed by atoms with Crippen molar-refractivity contribution >= 4 is 44.1 Å². The summed E-state index contributed by atoms with van der Waals surface area (Å²) in [6, 6.07) is 5.76. The van der Waals surface area contributed by atoms with Gasteiger partial charge < -0.3 is 9.53 Å². The topological polar surface area (TPSA) is 114 Å². The molecule has 8 nitrogen and oxygen atoms in total. The van der Waals surface area contributed by atoms with Crippen molar-refractivity contribution in [3.63, 3.8) is 0 Å². The van der Waals surface area contributed by atoms with Crippen molar-refractivity contribution in [2.75, 3.05) is 10.0 Å². The molecule has 0 aliphatic rings. The molecule has 1 aromatic heterocycles. The van der Waals surface area contributed by atoms with Crippen LogP contribution in [0.5, 0.6) is 0 Å². The highest BCUT2D eigenvalue weighted by Gasteiger charge is 2.18. The first kappa shape index (κ1) is 22.6. The summed E-state index contributed by atoms with van der Waals surface area (Å²) >= 11 is 1.19. The molecule has 0 aliphatic heterocycles. The van der Waals surface area contributed by atoms with Gasteiger partial charge in [0.15, 0.2) is 5.13 Å². The van der Waals surface area contributed by atoms with Gasteiger partial charge in [0, 0.05) is 17.3 Å². The monoisotopic (exact) mass is 413 g/mol. The van der Waals surface area contributed by atoms with Crippen LogP contribution in [0.25, 0.3) is 0 Å². The highest BCUT2D eigenvalue weighted by molar-refractivity contribution is 7.93. The molecule has 0 bridgehead atoms. The lowest BCUT2D eigenvalue weighted by Crippen LogP contribution is -2.27. The fraction of sp³-hybridized carbons (Fsp3) is 0.353. The van der Waals surface area contributed by atoms with Gasteiger partial charge in [-0.05, 0) is 58.9 Å². The van der Waals surface area contributed by atoms with Gasteiger partial charge >= 0.3 is 6.09 Å². The molecule has 148 valence electrons. The van der Waals surface area contributed by atoms with Crippen molar-refractivity contribution in [1.29, 1.82) is 0 Å². The number of sulfonamides is 1. The molecular weight excluding hydrogens is 390 g/mol. The highest BCUT2D eigenvalue weighted by Crippen LogP contribution is 2.20. The number of hydrogen-bond donors (Lipinski definition) is 2.